The van der Waals surface area contributed by atoms with Gasteiger partial charge in [-0.25, -0.2) is 4.39 Å². The molecule has 1 atom stereocenters. The van der Waals surface area contributed by atoms with Crippen molar-refractivity contribution in [1.82, 2.24) is 20.1 Å². The van der Waals surface area contributed by atoms with E-state index in [1.54, 1.807) is 13.0 Å². The average molecular weight is 338 g/mol. The summed E-state index contributed by atoms with van der Waals surface area (Å²) >= 11 is 0. The third-order valence-corrected chi connectivity index (χ3v) is 4.16. The molecule has 25 heavy (non-hydrogen) atoms. The van der Waals surface area contributed by atoms with E-state index in [4.69, 9.17) is 0 Å². The first-order chi connectivity index (χ1) is 12.0. The zero-order valence-electron chi connectivity index (χ0n) is 14.3. The van der Waals surface area contributed by atoms with Gasteiger partial charge in [0.2, 0.25) is 0 Å². The van der Waals surface area contributed by atoms with Gasteiger partial charge in [0.1, 0.15) is 17.7 Å². The molecule has 1 amide bonds. The number of halogens is 1. The van der Waals surface area contributed by atoms with Crippen LogP contribution in [0, 0.1) is 19.7 Å². The topological polar surface area (TPSA) is 59.8 Å². The first-order valence-corrected chi connectivity index (χ1v) is 7.95. The van der Waals surface area contributed by atoms with E-state index in [-0.39, 0.29) is 5.56 Å². The van der Waals surface area contributed by atoms with Crippen LogP contribution in [-0.2, 0) is 7.05 Å². The van der Waals surface area contributed by atoms with Crippen LogP contribution in [0.2, 0.25) is 0 Å². The van der Waals surface area contributed by atoms with Gasteiger partial charge in [0.05, 0.1) is 5.56 Å². The quantitative estimate of drug-likeness (QED) is 0.795. The number of benzene rings is 2. The van der Waals surface area contributed by atoms with E-state index in [0.29, 0.717) is 5.82 Å². The predicted molar refractivity (Wildman–Crippen MR) is 92.6 cm³/mol. The molecule has 0 spiro atoms. The Morgan fingerprint density at radius 2 is 1.84 bits per heavy atom. The van der Waals surface area contributed by atoms with Crippen molar-refractivity contribution in [3.63, 3.8) is 0 Å². The molecule has 1 heterocycles. The number of aryl methyl sites for hydroxylation is 2. The highest BCUT2D eigenvalue weighted by atomic mass is 19.1. The Morgan fingerprint density at radius 1 is 1.12 bits per heavy atom. The molecule has 1 aromatic heterocycles. The van der Waals surface area contributed by atoms with Gasteiger partial charge < -0.3 is 9.88 Å². The normalized spacial score (nSPS) is 12.0. The van der Waals surface area contributed by atoms with E-state index in [2.05, 4.69) is 15.5 Å². The monoisotopic (exact) mass is 338 g/mol. The van der Waals surface area contributed by atoms with Crippen molar-refractivity contribution in [2.45, 2.75) is 19.9 Å². The summed E-state index contributed by atoms with van der Waals surface area (Å²) in [5.74, 6) is 0.279. The smallest absolute Gasteiger partial charge is 0.255 e. The fourth-order valence-electron chi connectivity index (χ4n) is 2.63. The van der Waals surface area contributed by atoms with E-state index < -0.39 is 17.8 Å². The molecular formula is C19H19FN4O. The molecular weight excluding hydrogens is 319 g/mol. The van der Waals surface area contributed by atoms with Crippen LogP contribution in [-0.4, -0.2) is 20.7 Å². The van der Waals surface area contributed by atoms with Crippen LogP contribution in [0.5, 0.6) is 0 Å². The van der Waals surface area contributed by atoms with Crippen LogP contribution >= 0.6 is 0 Å². The second kappa shape index (κ2) is 6.84. The van der Waals surface area contributed by atoms with Crippen LogP contribution in [0.3, 0.4) is 0 Å². The molecule has 0 aliphatic rings. The highest BCUT2D eigenvalue weighted by Crippen LogP contribution is 2.22. The summed E-state index contributed by atoms with van der Waals surface area (Å²) in [5, 5.41) is 11.1. The number of carbonyl (C=O) groups excluding carboxylic acids is 1. The molecule has 2 aromatic carbocycles. The first kappa shape index (κ1) is 16.8. The number of hydrogen-bond acceptors (Lipinski definition) is 3. The molecule has 0 aliphatic heterocycles. The van der Waals surface area contributed by atoms with Crippen LogP contribution < -0.4 is 5.32 Å². The number of carbonyl (C=O) groups is 1. The SMILES string of the molecule is Cc1ccc(C(=O)N[C@@H](c2ccccc2)c2nnc(C)n2C)c(F)c1. The summed E-state index contributed by atoms with van der Waals surface area (Å²) in [4.78, 5) is 12.6. The van der Waals surface area contributed by atoms with Crippen molar-refractivity contribution in [2.75, 3.05) is 0 Å². The average Bonchev–Trinajstić information content (AvgIpc) is 2.92. The highest BCUT2D eigenvalue weighted by Gasteiger charge is 2.24. The minimum absolute atomic E-state index is 0.00502. The molecule has 0 unspecified atom stereocenters. The summed E-state index contributed by atoms with van der Waals surface area (Å²) < 4.78 is 16.0. The maximum Gasteiger partial charge on any atom is 0.255 e. The van der Waals surface area contributed by atoms with Crippen molar-refractivity contribution >= 4 is 5.91 Å². The van der Waals surface area contributed by atoms with Crippen molar-refractivity contribution in [2.24, 2.45) is 7.05 Å². The highest BCUT2D eigenvalue weighted by molar-refractivity contribution is 5.95. The minimum Gasteiger partial charge on any atom is -0.338 e. The molecule has 5 nitrogen and oxygen atoms in total. The van der Waals surface area contributed by atoms with E-state index in [0.717, 1.165) is 17.0 Å². The Morgan fingerprint density at radius 3 is 2.44 bits per heavy atom. The molecule has 6 heteroatoms. The van der Waals surface area contributed by atoms with Crippen LogP contribution in [0.4, 0.5) is 4.39 Å². The minimum atomic E-state index is -0.543. The van der Waals surface area contributed by atoms with Gasteiger partial charge in [-0.1, -0.05) is 36.4 Å². The lowest BCUT2D eigenvalue weighted by atomic mass is 10.0. The second-order valence-electron chi connectivity index (χ2n) is 5.96. The maximum absolute atomic E-state index is 14.1. The number of rotatable bonds is 4. The van der Waals surface area contributed by atoms with Crippen molar-refractivity contribution in [3.05, 3.63) is 82.7 Å². The largest absolute Gasteiger partial charge is 0.338 e. The summed E-state index contributed by atoms with van der Waals surface area (Å²) in [5.41, 5.74) is 1.61. The molecule has 0 saturated carbocycles. The zero-order chi connectivity index (χ0) is 18.0. The Bertz CT molecular complexity index is 905. The maximum atomic E-state index is 14.1. The summed E-state index contributed by atoms with van der Waals surface area (Å²) in [6.45, 7) is 3.61. The van der Waals surface area contributed by atoms with Gasteiger partial charge in [0.15, 0.2) is 5.82 Å². The van der Waals surface area contributed by atoms with Gasteiger partial charge in [-0.05, 0) is 37.1 Å². The Balaban J connectivity index is 1.98. The molecule has 1 N–H and O–H groups in total. The second-order valence-corrected chi connectivity index (χ2v) is 5.96. The molecule has 0 bridgehead atoms. The molecule has 0 radical (unpaired) electrons. The molecule has 0 saturated heterocycles. The van der Waals surface area contributed by atoms with Crippen molar-refractivity contribution < 1.29 is 9.18 Å². The van der Waals surface area contributed by atoms with Gasteiger partial charge in [0.25, 0.3) is 5.91 Å². The number of nitrogens with one attached hydrogen (secondary N) is 1. The molecule has 0 fully saturated rings. The van der Waals surface area contributed by atoms with Crippen LogP contribution in [0.1, 0.15) is 39.2 Å². The standard InChI is InChI=1S/C19H19FN4O/c1-12-9-10-15(16(20)11-12)19(25)21-17(14-7-5-4-6-8-14)18-23-22-13(2)24(18)3/h4-11,17H,1-3H3,(H,21,25)/t17-/m0/s1. The number of aromatic nitrogens is 3. The Kier molecular flexibility index (Phi) is 4.61. The van der Waals surface area contributed by atoms with Crippen LogP contribution in [0.15, 0.2) is 48.5 Å². The summed E-state index contributed by atoms with van der Waals surface area (Å²) in [7, 11) is 1.83. The van der Waals surface area contributed by atoms with Gasteiger partial charge in [-0.15, -0.1) is 10.2 Å². The van der Waals surface area contributed by atoms with E-state index in [1.165, 1.54) is 12.1 Å². The van der Waals surface area contributed by atoms with Gasteiger partial charge in [-0.2, -0.15) is 0 Å². The van der Waals surface area contributed by atoms with Crippen LogP contribution in [0.25, 0.3) is 0 Å². The molecule has 3 rings (SSSR count). The van der Waals surface area contributed by atoms with E-state index >= 15 is 0 Å². The first-order valence-electron chi connectivity index (χ1n) is 7.95. The van der Waals surface area contributed by atoms with Gasteiger partial charge in [-0.3, -0.25) is 4.79 Å². The van der Waals surface area contributed by atoms with E-state index in [9.17, 15) is 9.18 Å². The van der Waals surface area contributed by atoms with E-state index in [1.807, 2.05) is 48.9 Å². The molecule has 128 valence electrons. The lowest BCUT2D eigenvalue weighted by molar-refractivity contribution is 0.0937. The number of amides is 1. The zero-order valence-corrected chi connectivity index (χ0v) is 14.3. The third-order valence-electron chi connectivity index (χ3n) is 4.16. The Labute approximate surface area is 145 Å². The molecule has 3 aromatic rings. The lowest BCUT2D eigenvalue weighted by Gasteiger charge is -2.19. The predicted octanol–water partition coefficient (Wildman–Crippen LogP) is 3.09. The summed E-state index contributed by atoms with van der Waals surface area (Å²) in [6, 6.07) is 13.4. The fraction of sp³-hybridized carbons (Fsp3) is 0.211. The van der Waals surface area contributed by atoms with Gasteiger partial charge >= 0.3 is 0 Å². The fourth-order valence-corrected chi connectivity index (χ4v) is 2.63. The van der Waals surface area contributed by atoms with Crippen molar-refractivity contribution in [1.29, 1.82) is 0 Å². The number of nitrogens with zero attached hydrogens (tertiary/aromatic N) is 3. The van der Waals surface area contributed by atoms with Crippen molar-refractivity contribution in [3.8, 4) is 0 Å². The molecule has 0 aliphatic carbocycles. The summed E-state index contributed by atoms with van der Waals surface area (Å²) in [6.07, 6.45) is 0. The third kappa shape index (κ3) is 3.42. The Hall–Kier alpha value is -3.02. The lowest BCUT2D eigenvalue weighted by Crippen LogP contribution is -2.31. The van der Waals surface area contributed by atoms with Gasteiger partial charge in [0, 0.05) is 7.05 Å². The number of hydrogen-bond donors (Lipinski definition) is 1.